The molecule has 3 aromatic rings. The lowest BCUT2D eigenvalue weighted by Crippen LogP contribution is -2.12. The molecule has 0 unspecified atom stereocenters. The smallest absolute Gasteiger partial charge is 0.0899 e. The average Bonchev–Trinajstić information content (AvgIpc) is 2.57. The lowest BCUT2D eigenvalue weighted by molar-refractivity contribution is 0.159. The third-order valence-electron chi connectivity index (χ3n) is 3.84. The Labute approximate surface area is 135 Å². The average molecular weight is 309 g/mol. The van der Waals surface area contributed by atoms with Crippen molar-refractivity contribution in [1.29, 1.82) is 0 Å². The van der Waals surface area contributed by atoms with E-state index in [2.05, 4.69) is 24.3 Å². The molecule has 1 nitrogen and oxygen atoms in total. The summed E-state index contributed by atoms with van der Waals surface area (Å²) in [6, 6.07) is 27.6. The predicted octanol–water partition coefficient (Wildman–Crippen LogP) is 5.21. The SMILES string of the molecule is O[C@H](c1ccc(Cl)cc1)C(c1ccccc1)c1ccccc1. The van der Waals surface area contributed by atoms with E-state index in [-0.39, 0.29) is 5.92 Å². The van der Waals surface area contributed by atoms with Crippen LogP contribution < -0.4 is 0 Å². The molecule has 0 spiro atoms. The first kappa shape index (κ1) is 14.8. The summed E-state index contributed by atoms with van der Waals surface area (Å²) in [4.78, 5) is 0. The number of aliphatic hydroxyl groups is 1. The molecule has 0 saturated heterocycles. The van der Waals surface area contributed by atoms with Crippen LogP contribution in [0.2, 0.25) is 5.02 Å². The number of rotatable bonds is 4. The summed E-state index contributed by atoms with van der Waals surface area (Å²) in [5, 5.41) is 11.6. The zero-order valence-corrected chi connectivity index (χ0v) is 12.8. The van der Waals surface area contributed by atoms with E-state index in [9.17, 15) is 5.11 Å². The van der Waals surface area contributed by atoms with Gasteiger partial charge in [-0.25, -0.2) is 0 Å². The van der Waals surface area contributed by atoms with Gasteiger partial charge in [-0.15, -0.1) is 0 Å². The molecule has 0 amide bonds. The van der Waals surface area contributed by atoms with E-state index in [1.807, 2.05) is 60.7 Å². The Balaban J connectivity index is 2.04. The number of hydrogen-bond donors (Lipinski definition) is 1. The molecule has 0 aliphatic rings. The lowest BCUT2D eigenvalue weighted by atomic mass is 9.84. The van der Waals surface area contributed by atoms with Crippen molar-refractivity contribution in [2.75, 3.05) is 0 Å². The summed E-state index contributed by atoms with van der Waals surface area (Å²) < 4.78 is 0. The second kappa shape index (κ2) is 6.78. The third kappa shape index (κ3) is 3.22. The van der Waals surface area contributed by atoms with Crippen LogP contribution in [0.4, 0.5) is 0 Å². The molecule has 0 bridgehead atoms. The minimum atomic E-state index is -0.623. The standard InChI is InChI=1S/C20H17ClO/c21-18-13-11-17(12-14-18)20(22)19(15-7-3-1-4-8-15)16-9-5-2-6-10-16/h1-14,19-20,22H/t20-/m1/s1. The molecule has 110 valence electrons. The van der Waals surface area contributed by atoms with Crippen molar-refractivity contribution in [1.82, 2.24) is 0 Å². The topological polar surface area (TPSA) is 20.2 Å². The molecule has 0 radical (unpaired) electrons. The molecule has 0 aliphatic heterocycles. The van der Waals surface area contributed by atoms with Gasteiger partial charge in [0, 0.05) is 10.9 Å². The summed E-state index contributed by atoms with van der Waals surface area (Å²) in [5.74, 6) is -0.108. The van der Waals surface area contributed by atoms with Gasteiger partial charge in [0.15, 0.2) is 0 Å². The fraction of sp³-hybridized carbons (Fsp3) is 0.100. The number of hydrogen-bond acceptors (Lipinski definition) is 1. The predicted molar refractivity (Wildman–Crippen MR) is 91.1 cm³/mol. The fourth-order valence-electron chi connectivity index (χ4n) is 2.73. The van der Waals surface area contributed by atoms with Crippen molar-refractivity contribution in [3.05, 3.63) is 107 Å². The molecule has 2 heteroatoms. The summed E-state index contributed by atoms with van der Waals surface area (Å²) in [7, 11) is 0. The molecule has 0 aliphatic carbocycles. The molecule has 3 rings (SSSR count). The van der Waals surface area contributed by atoms with Gasteiger partial charge in [-0.1, -0.05) is 84.4 Å². The van der Waals surface area contributed by atoms with Crippen molar-refractivity contribution in [3.63, 3.8) is 0 Å². The van der Waals surface area contributed by atoms with Crippen LogP contribution in [0.1, 0.15) is 28.7 Å². The highest BCUT2D eigenvalue weighted by atomic mass is 35.5. The molecule has 0 saturated carbocycles. The first-order valence-electron chi connectivity index (χ1n) is 7.29. The van der Waals surface area contributed by atoms with Gasteiger partial charge in [-0.05, 0) is 28.8 Å². The highest BCUT2D eigenvalue weighted by Gasteiger charge is 2.24. The summed E-state index contributed by atoms with van der Waals surface area (Å²) in [5.41, 5.74) is 3.05. The Morgan fingerprint density at radius 3 is 1.50 bits per heavy atom. The Morgan fingerprint density at radius 2 is 1.05 bits per heavy atom. The van der Waals surface area contributed by atoms with Crippen LogP contribution in [-0.4, -0.2) is 5.11 Å². The van der Waals surface area contributed by atoms with Gasteiger partial charge in [-0.3, -0.25) is 0 Å². The van der Waals surface area contributed by atoms with Gasteiger partial charge in [0.25, 0.3) is 0 Å². The van der Waals surface area contributed by atoms with E-state index in [4.69, 9.17) is 11.6 Å². The van der Waals surface area contributed by atoms with Crippen molar-refractivity contribution in [3.8, 4) is 0 Å². The Morgan fingerprint density at radius 1 is 0.591 bits per heavy atom. The second-order valence-electron chi connectivity index (χ2n) is 5.30. The van der Waals surface area contributed by atoms with Crippen molar-refractivity contribution in [2.45, 2.75) is 12.0 Å². The van der Waals surface area contributed by atoms with E-state index in [1.54, 1.807) is 0 Å². The summed E-state index contributed by atoms with van der Waals surface area (Å²) in [6.07, 6.45) is -0.623. The van der Waals surface area contributed by atoms with E-state index >= 15 is 0 Å². The van der Waals surface area contributed by atoms with Gasteiger partial charge < -0.3 is 5.11 Å². The van der Waals surface area contributed by atoms with Crippen molar-refractivity contribution >= 4 is 11.6 Å². The number of benzene rings is 3. The highest BCUT2D eigenvalue weighted by Crippen LogP contribution is 2.36. The van der Waals surface area contributed by atoms with Gasteiger partial charge in [-0.2, -0.15) is 0 Å². The molecule has 1 atom stereocenters. The maximum Gasteiger partial charge on any atom is 0.0899 e. The monoisotopic (exact) mass is 308 g/mol. The van der Waals surface area contributed by atoms with Crippen molar-refractivity contribution in [2.24, 2.45) is 0 Å². The Bertz CT molecular complexity index is 668. The minimum absolute atomic E-state index is 0.108. The number of aliphatic hydroxyl groups excluding tert-OH is 1. The molecule has 22 heavy (non-hydrogen) atoms. The molecule has 3 aromatic carbocycles. The second-order valence-corrected chi connectivity index (χ2v) is 5.73. The van der Waals surface area contributed by atoms with E-state index in [0.29, 0.717) is 5.02 Å². The van der Waals surface area contributed by atoms with Gasteiger partial charge >= 0.3 is 0 Å². The maximum atomic E-state index is 10.9. The van der Waals surface area contributed by atoms with Crippen LogP contribution >= 0.6 is 11.6 Å². The Hall–Kier alpha value is -2.09. The molecule has 0 fully saturated rings. The Kier molecular flexibility index (Phi) is 4.57. The van der Waals surface area contributed by atoms with Crippen LogP contribution in [-0.2, 0) is 0 Å². The number of halogens is 1. The van der Waals surface area contributed by atoms with Crippen LogP contribution in [0.25, 0.3) is 0 Å². The quantitative estimate of drug-likeness (QED) is 0.702. The van der Waals surface area contributed by atoms with Gasteiger partial charge in [0.05, 0.1) is 6.10 Å². The zero-order chi connectivity index (χ0) is 15.4. The molecular formula is C20H17ClO. The van der Waals surface area contributed by atoms with Crippen LogP contribution in [0.3, 0.4) is 0 Å². The summed E-state index contributed by atoms with van der Waals surface area (Å²) >= 11 is 5.95. The highest BCUT2D eigenvalue weighted by molar-refractivity contribution is 6.30. The normalized spacial score (nSPS) is 12.3. The van der Waals surface area contributed by atoms with E-state index in [1.165, 1.54) is 0 Å². The molecule has 0 aromatic heterocycles. The molecule has 1 N–H and O–H groups in total. The van der Waals surface area contributed by atoms with Gasteiger partial charge in [0.2, 0.25) is 0 Å². The third-order valence-corrected chi connectivity index (χ3v) is 4.10. The van der Waals surface area contributed by atoms with Crippen molar-refractivity contribution < 1.29 is 5.11 Å². The van der Waals surface area contributed by atoms with Crippen LogP contribution in [0, 0.1) is 0 Å². The van der Waals surface area contributed by atoms with E-state index in [0.717, 1.165) is 16.7 Å². The van der Waals surface area contributed by atoms with Gasteiger partial charge in [0.1, 0.15) is 0 Å². The molecule has 0 heterocycles. The largest absolute Gasteiger partial charge is 0.387 e. The first-order chi connectivity index (χ1) is 10.8. The van der Waals surface area contributed by atoms with Crippen LogP contribution in [0.15, 0.2) is 84.9 Å². The first-order valence-corrected chi connectivity index (χ1v) is 7.67. The van der Waals surface area contributed by atoms with Crippen LogP contribution in [0.5, 0.6) is 0 Å². The minimum Gasteiger partial charge on any atom is -0.387 e. The maximum absolute atomic E-state index is 10.9. The lowest BCUT2D eigenvalue weighted by Gasteiger charge is -2.24. The van der Waals surface area contributed by atoms with E-state index < -0.39 is 6.10 Å². The fourth-order valence-corrected chi connectivity index (χ4v) is 2.86. The zero-order valence-electron chi connectivity index (χ0n) is 12.1. The summed E-state index contributed by atoms with van der Waals surface area (Å²) in [6.45, 7) is 0. The molecular weight excluding hydrogens is 292 g/mol.